The van der Waals surface area contributed by atoms with Crippen LogP contribution in [0.4, 0.5) is 11.9 Å². The van der Waals surface area contributed by atoms with Crippen molar-refractivity contribution >= 4 is 29.0 Å². The molecule has 132 valence electrons. The first-order chi connectivity index (χ1) is 12.0. The van der Waals surface area contributed by atoms with E-state index in [0.29, 0.717) is 23.7 Å². The molecule has 2 aromatic heterocycles. The number of hydrogen-bond acceptors (Lipinski definition) is 6. The van der Waals surface area contributed by atoms with E-state index in [4.69, 9.17) is 11.5 Å². The SMILES string of the molecule is CC#CCn1c(N2CCNCC2)nc2nc(N=C(N)N)n(C)c(=O)c21. The highest BCUT2D eigenvalue weighted by molar-refractivity contribution is 5.80. The Hall–Kier alpha value is -3.06. The van der Waals surface area contributed by atoms with Gasteiger partial charge in [-0.25, -0.2) is 0 Å². The molecule has 0 aliphatic carbocycles. The largest absolute Gasteiger partial charge is 0.370 e. The van der Waals surface area contributed by atoms with Crippen LogP contribution in [0.3, 0.4) is 0 Å². The summed E-state index contributed by atoms with van der Waals surface area (Å²) in [4.78, 5) is 27.8. The van der Waals surface area contributed by atoms with Crippen molar-refractivity contribution in [3.8, 4) is 11.8 Å². The highest BCUT2D eigenvalue weighted by Gasteiger charge is 2.22. The molecule has 0 radical (unpaired) electrons. The van der Waals surface area contributed by atoms with Crippen LogP contribution in [-0.4, -0.2) is 51.2 Å². The van der Waals surface area contributed by atoms with E-state index in [1.165, 1.54) is 4.57 Å². The van der Waals surface area contributed by atoms with Crippen LogP contribution in [-0.2, 0) is 13.6 Å². The second kappa shape index (κ2) is 6.82. The van der Waals surface area contributed by atoms with E-state index in [-0.39, 0.29) is 17.5 Å². The van der Waals surface area contributed by atoms with E-state index in [1.54, 1.807) is 14.0 Å². The van der Waals surface area contributed by atoms with Crippen molar-refractivity contribution in [1.29, 1.82) is 0 Å². The van der Waals surface area contributed by atoms with Crippen LogP contribution in [0.15, 0.2) is 9.79 Å². The zero-order valence-corrected chi connectivity index (χ0v) is 14.3. The first-order valence-corrected chi connectivity index (χ1v) is 7.95. The third-order valence-electron chi connectivity index (χ3n) is 3.99. The number of nitrogens with zero attached hydrogens (tertiary/aromatic N) is 6. The molecule has 1 aliphatic heterocycles. The fourth-order valence-electron chi connectivity index (χ4n) is 2.77. The maximum atomic E-state index is 12.8. The van der Waals surface area contributed by atoms with Gasteiger partial charge in [0.05, 0.1) is 6.54 Å². The molecule has 5 N–H and O–H groups in total. The number of aromatic nitrogens is 4. The quantitative estimate of drug-likeness (QED) is 0.350. The van der Waals surface area contributed by atoms with Gasteiger partial charge in [0.25, 0.3) is 5.56 Å². The highest BCUT2D eigenvalue weighted by Crippen LogP contribution is 2.21. The molecule has 0 atom stereocenters. The Kier molecular flexibility index (Phi) is 4.58. The van der Waals surface area contributed by atoms with Crippen molar-refractivity contribution in [2.24, 2.45) is 23.5 Å². The predicted molar refractivity (Wildman–Crippen MR) is 96.8 cm³/mol. The topological polar surface area (TPSA) is 132 Å². The van der Waals surface area contributed by atoms with E-state index < -0.39 is 0 Å². The van der Waals surface area contributed by atoms with E-state index in [9.17, 15) is 4.79 Å². The van der Waals surface area contributed by atoms with Crippen LogP contribution >= 0.6 is 0 Å². The number of rotatable bonds is 3. The van der Waals surface area contributed by atoms with Crippen LogP contribution in [0.1, 0.15) is 6.92 Å². The molecule has 1 aliphatic rings. The molecule has 0 aromatic carbocycles. The zero-order valence-electron chi connectivity index (χ0n) is 14.3. The monoisotopic (exact) mass is 343 g/mol. The van der Waals surface area contributed by atoms with Crippen molar-refractivity contribution < 1.29 is 0 Å². The first-order valence-electron chi connectivity index (χ1n) is 7.95. The maximum absolute atomic E-state index is 12.8. The molecule has 0 saturated carbocycles. The summed E-state index contributed by atoms with van der Waals surface area (Å²) in [6, 6.07) is 0. The normalized spacial score (nSPS) is 14.2. The number of fused-ring (bicyclic) bond motifs is 1. The molecular formula is C15H21N9O. The summed E-state index contributed by atoms with van der Waals surface area (Å²) in [7, 11) is 1.57. The molecule has 0 amide bonds. The summed E-state index contributed by atoms with van der Waals surface area (Å²) in [5.74, 6) is 6.50. The Labute approximate surface area is 144 Å². The number of guanidine groups is 1. The lowest BCUT2D eigenvalue weighted by molar-refractivity contribution is 0.573. The Morgan fingerprint density at radius 1 is 1.32 bits per heavy atom. The maximum Gasteiger partial charge on any atom is 0.281 e. The Bertz CT molecular complexity index is 934. The third kappa shape index (κ3) is 3.14. The number of nitrogens with two attached hydrogens (primary N) is 2. The molecule has 0 spiro atoms. The Balaban J connectivity index is 2.24. The summed E-state index contributed by atoms with van der Waals surface area (Å²) in [5, 5.41) is 3.30. The van der Waals surface area contributed by atoms with Crippen molar-refractivity contribution in [1.82, 2.24) is 24.4 Å². The molecule has 1 saturated heterocycles. The lowest BCUT2D eigenvalue weighted by Gasteiger charge is -2.28. The molecule has 3 rings (SSSR count). The summed E-state index contributed by atoms with van der Waals surface area (Å²) in [5.41, 5.74) is 11.3. The molecule has 0 bridgehead atoms. The van der Waals surface area contributed by atoms with Crippen LogP contribution in [0.2, 0.25) is 0 Å². The summed E-state index contributed by atoms with van der Waals surface area (Å²) >= 11 is 0. The average molecular weight is 343 g/mol. The number of nitrogens with one attached hydrogen (secondary N) is 1. The summed E-state index contributed by atoms with van der Waals surface area (Å²) in [6.07, 6.45) is 0. The predicted octanol–water partition coefficient (Wildman–Crippen LogP) is -1.53. The number of imidazole rings is 1. The Morgan fingerprint density at radius 3 is 2.68 bits per heavy atom. The van der Waals surface area contributed by atoms with Gasteiger partial charge < -0.3 is 21.7 Å². The molecule has 25 heavy (non-hydrogen) atoms. The molecule has 3 heterocycles. The van der Waals surface area contributed by atoms with E-state index in [1.807, 2.05) is 4.57 Å². The van der Waals surface area contributed by atoms with Crippen molar-refractivity contribution in [3.63, 3.8) is 0 Å². The number of hydrogen-bond donors (Lipinski definition) is 3. The minimum Gasteiger partial charge on any atom is -0.370 e. The van der Waals surface area contributed by atoms with Gasteiger partial charge in [-0.3, -0.25) is 13.9 Å². The zero-order chi connectivity index (χ0) is 18.0. The van der Waals surface area contributed by atoms with Crippen LogP contribution < -0.4 is 27.2 Å². The van der Waals surface area contributed by atoms with Crippen LogP contribution in [0.25, 0.3) is 11.2 Å². The second-order valence-electron chi connectivity index (χ2n) is 5.65. The highest BCUT2D eigenvalue weighted by atomic mass is 16.1. The lowest BCUT2D eigenvalue weighted by Crippen LogP contribution is -2.44. The van der Waals surface area contributed by atoms with Gasteiger partial charge in [-0.2, -0.15) is 15.0 Å². The fourth-order valence-corrected chi connectivity index (χ4v) is 2.77. The minimum atomic E-state index is -0.267. The smallest absolute Gasteiger partial charge is 0.281 e. The van der Waals surface area contributed by atoms with Crippen molar-refractivity contribution in [2.45, 2.75) is 13.5 Å². The molecule has 10 nitrogen and oxygen atoms in total. The number of anilines is 1. The Morgan fingerprint density at radius 2 is 2.04 bits per heavy atom. The molecular weight excluding hydrogens is 322 g/mol. The minimum absolute atomic E-state index is 0.121. The van der Waals surface area contributed by atoms with Gasteiger partial charge in [-0.1, -0.05) is 5.92 Å². The second-order valence-corrected chi connectivity index (χ2v) is 5.65. The van der Waals surface area contributed by atoms with Crippen molar-refractivity contribution in [2.75, 3.05) is 31.1 Å². The van der Waals surface area contributed by atoms with E-state index in [2.05, 4.69) is 37.0 Å². The molecule has 0 unspecified atom stereocenters. The number of piperazine rings is 1. The fraction of sp³-hybridized carbons (Fsp3) is 0.467. The van der Waals surface area contributed by atoms with Gasteiger partial charge in [0.1, 0.15) is 0 Å². The van der Waals surface area contributed by atoms with Crippen molar-refractivity contribution in [3.05, 3.63) is 10.4 Å². The van der Waals surface area contributed by atoms with Gasteiger partial charge in [-0.05, 0) is 6.92 Å². The van der Waals surface area contributed by atoms with Gasteiger partial charge in [-0.15, -0.1) is 5.92 Å². The third-order valence-corrected chi connectivity index (χ3v) is 3.99. The standard InChI is InChI=1S/C15H21N9O/c1-3-4-7-24-10-11(20-15(24)23-8-5-18-6-9-23)19-14(21-13(16)17)22(2)12(10)25/h18H,5-9H2,1-2H3,(H4,16,17,19,21). The van der Waals surface area contributed by atoms with Gasteiger partial charge >= 0.3 is 0 Å². The van der Waals surface area contributed by atoms with Gasteiger partial charge in [0, 0.05) is 33.2 Å². The van der Waals surface area contributed by atoms with E-state index in [0.717, 1.165) is 26.2 Å². The average Bonchev–Trinajstić information content (AvgIpc) is 2.96. The summed E-state index contributed by atoms with van der Waals surface area (Å²) < 4.78 is 3.12. The van der Waals surface area contributed by atoms with E-state index >= 15 is 0 Å². The lowest BCUT2D eigenvalue weighted by atomic mass is 10.4. The molecule has 1 fully saturated rings. The molecule has 2 aromatic rings. The first kappa shape index (κ1) is 16.8. The number of aliphatic imine (C=N–C) groups is 1. The summed E-state index contributed by atoms with van der Waals surface area (Å²) in [6.45, 7) is 5.43. The van der Waals surface area contributed by atoms with Crippen LogP contribution in [0.5, 0.6) is 0 Å². The van der Waals surface area contributed by atoms with Crippen LogP contribution in [0, 0.1) is 11.8 Å². The van der Waals surface area contributed by atoms with Gasteiger partial charge in [0.15, 0.2) is 17.1 Å². The molecule has 10 heteroatoms. The van der Waals surface area contributed by atoms with Gasteiger partial charge in [0.2, 0.25) is 11.9 Å².